The van der Waals surface area contributed by atoms with Gasteiger partial charge >= 0.3 is 6.03 Å². The second kappa shape index (κ2) is 8.09. The zero-order chi connectivity index (χ0) is 15.9. The van der Waals surface area contributed by atoms with Gasteiger partial charge in [0.2, 0.25) is 0 Å². The molecule has 0 unspecified atom stereocenters. The minimum atomic E-state index is -3.96. The number of carbonyl (C=O) groups excluding carboxylic acids is 1. The Morgan fingerprint density at radius 1 is 1.33 bits per heavy atom. The van der Waals surface area contributed by atoms with Crippen LogP contribution in [0, 0.1) is 0 Å². The van der Waals surface area contributed by atoms with Gasteiger partial charge in [0.25, 0.3) is 9.05 Å². The molecule has 0 aromatic heterocycles. The highest BCUT2D eigenvalue weighted by atomic mass is 35.7. The van der Waals surface area contributed by atoms with Gasteiger partial charge < -0.3 is 15.4 Å². The molecule has 8 heteroatoms. The number of rotatable bonds is 7. The van der Waals surface area contributed by atoms with Gasteiger partial charge in [-0.3, -0.25) is 0 Å². The van der Waals surface area contributed by atoms with Crippen molar-refractivity contribution in [2.45, 2.75) is 31.6 Å². The molecule has 0 spiro atoms. The average molecular weight is 335 g/mol. The lowest BCUT2D eigenvalue weighted by Crippen LogP contribution is -2.29. The van der Waals surface area contributed by atoms with E-state index in [1.165, 1.54) is 12.1 Å². The van der Waals surface area contributed by atoms with E-state index in [1.54, 1.807) is 13.0 Å². The van der Waals surface area contributed by atoms with Crippen molar-refractivity contribution < 1.29 is 17.9 Å². The Labute approximate surface area is 129 Å². The van der Waals surface area contributed by atoms with E-state index < -0.39 is 15.1 Å². The number of anilines is 1. The lowest BCUT2D eigenvalue weighted by molar-refractivity contribution is 0.252. The first kappa shape index (κ1) is 17.6. The first-order valence-electron chi connectivity index (χ1n) is 6.64. The van der Waals surface area contributed by atoms with Crippen molar-refractivity contribution in [3.05, 3.63) is 18.2 Å². The molecule has 0 radical (unpaired) electrons. The Kier molecular flexibility index (Phi) is 6.77. The van der Waals surface area contributed by atoms with Gasteiger partial charge in [-0.2, -0.15) is 0 Å². The zero-order valence-electron chi connectivity index (χ0n) is 12.0. The highest BCUT2D eigenvalue weighted by Crippen LogP contribution is 2.29. The van der Waals surface area contributed by atoms with Gasteiger partial charge in [-0.25, -0.2) is 13.2 Å². The maximum absolute atomic E-state index is 11.6. The van der Waals surface area contributed by atoms with Crippen LogP contribution in [0.15, 0.2) is 23.1 Å². The van der Waals surface area contributed by atoms with E-state index in [-0.39, 0.29) is 10.6 Å². The molecule has 0 saturated heterocycles. The molecule has 1 aromatic carbocycles. The van der Waals surface area contributed by atoms with Gasteiger partial charge in [-0.1, -0.05) is 13.3 Å². The van der Waals surface area contributed by atoms with Gasteiger partial charge in [0, 0.05) is 22.9 Å². The molecule has 0 atom stereocenters. The largest absolute Gasteiger partial charge is 0.492 e. The minimum Gasteiger partial charge on any atom is -0.492 e. The number of ether oxygens (including phenoxy) is 1. The van der Waals surface area contributed by atoms with Crippen LogP contribution < -0.4 is 15.4 Å². The molecule has 0 heterocycles. The molecule has 6 nitrogen and oxygen atoms in total. The predicted octanol–water partition coefficient (Wildman–Crippen LogP) is 2.93. The Balaban J connectivity index is 2.88. The molecule has 0 aliphatic heterocycles. The fraction of sp³-hybridized carbons (Fsp3) is 0.462. The standard InChI is InChI=1S/C13H19ClN2O4S/c1-3-5-8-15-13(17)16-10-6-7-11(20-4-2)12(9-10)21(14,18)19/h6-7,9H,3-5,8H2,1-2H3,(H2,15,16,17). The zero-order valence-corrected chi connectivity index (χ0v) is 13.6. The second-order valence-corrected chi connectivity index (χ2v) is 6.80. The van der Waals surface area contributed by atoms with Crippen molar-refractivity contribution in [2.75, 3.05) is 18.5 Å². The van der Waals surface area contributed by atoms with E-state index in [0.717, 1.165) is 12.8 Å². The molecule has 2 amide bonds. The topological polar surface area (TPSA) is 84.5 Å². The molecule has 1 rings (SSSR count). The van der Waals surface area contributed by atoms with Crippen LogP contribution in [0.25, 0.3) is 0 Å². The lowest BCUT2D eigenvalue weighted by Gasteiger charge is -2.11. The number of urea groups is 1. The number of nitrogens with one attached hydrogen (secondary N) is 2. The van der Waals surface area contributed by atoms with E-state index in [1.807, 2.05) is 6.92 Å². The van der Waals surface area contributed by atoms with Crippen molar-refractivity contribution in [1.82, 2.24) is 5.32 Å². The summed E-state index contributed by atoms with van der Waals surface area (Å²) in [5.41, 5.74) is 0.326. The van der Waals surface area contributed by atoms with Crippen LogP contribution in [0.5, 0.6) is 5.75 Å². The SMILES string of the molecule is CCCCNC(=O)Nc1ccc(OCC)c(S(=O)(=O)Cl)c1. The van der Waals surface area contributed by atoms with Crippen molar-refractivity contribution in [2.24, 2.45) is 0 Å². The Morgan fingerprint density at radius 2 is 2.05 bits per heavy atom. The van der Waals surface area contributed by atoms with Crippen molar-refractivity contribution in [1.29, 1.82) is 0 Å². The quantitative estimate of drug-likeness (QED) is 0.593. The minimum absolute atomic E-state index is 0.157. The van der Waals surface area contributed by atoms with Gasteiger partial charge in [0.1, 0.15) is 10.6 Å². The van der Waals surface area contributed by atoms with Crippen LogP contribution in [0.2, 0.25) is 0 Å². The highest BCUT2D eigenvalue weighted by Gasteiger charge is 2.18. The van der Waals surface area contributed by atoms with Crippen LogP contribution in [-0.2, 0) is 9.05 Å². The first-order chi connectivity index (χ1) is 9.88. The van der Waals surface area contributed by atoms with Gasteiger partial charge in [0.05, 0.1) is 6.61 Å². The van der Waals surface area contributed by atoms with Crippen LogP contribution in [0.3, 0.4) is 0 Å². The average Bonchev–Trinajstić information content (AvgIpc) is 2.40. The summed E-state index contributed by atoms with van der Waals surface area (Å²) >= 11 is 0. The molecule has 2 N–H and O–H groups in total. The lowest BCUT2D eigenvalue weighted by atomic mass is 10.3. The molecule has 118 valence electrons. The first-order valence-corrected chi connectivity index (χ1v) is 8.95. The Hall–Kier alpha value is -1.47. The maximum Gasteiger partial charge on any atom is 0.319 e. The monoisotopic (exact) mass is 334 g/mol. The maximum atomic E-state index is 11.6. The van der Waals surface area contributed by atoms with Crippen LogP contribution in [0.4, 0.5) is 10.5 Å². The van der Waals surface area contributed by atoms with Crippen LogP contribution >= 0.6 is 10.7 Å². The second-order valence-electron chi connectivity index (χ2n) is 4.27. The summed E-state index contributed by atoms with van der Waals surface area (Å²) in [5, 5.41) is 5.22. The molecule has 0 bridgehead atoms. The molecule has 21 heavy (non-hydrogen) atoms. The van der Waals surface area contributed by atoms with Crippen LogP contribution in [-0.4, -0.2) is 27.6 Å². The molecule has 0 saturated carbocycles. The third-order valence-corrected chi connectivity index (χ3v) is 3.92. The predicted molar refractivity (Wildman–Crippen MR) is 82.6 cm³/mol. The molecule has 1 aromatic rings. The van der Waals surface area contributed by atoms with E-state index >= 15 is 0 Å². The van der Waals surface area contributed by atoms with Crippen molar-refractivity contribution in [3.63, 3.8) is 0 Å². The number of halogens is 1. The molecule has 0 fully saturated rings. The molecular formula is C13H19ClN2O4S. The van der Waals surface area contributed by atoms with Crippen molar-refractivity contribution >= 4 is 31.5 Å². The third-order valence-electron chi connectivity index (χ3n) is 2.58. The van der Waals surface area contributed by atoms with Crippen molar-refractivity contribution in [3.8, 4) is 5.75 Å². The van der Waals surface area contributed by atoms with Gasteiger partial charge in [-0.15, -0.1) is 0 Å². The number of carbonyl (C=O) groups is 1. The molecule has 0 aliphatic carbocycles. The Morgan fingerprint density at radius 3 is 2.62 bits per heavy atom. The summed E-state index contributed by atoms with van der Waals surface area (Å²) in [4.78, 5) is 11.5. The summed E-state index contributed by atoms with van der Waals surface area (Å²) in [6.07, 6.45) is 1.84. The number of unbranched alkanes of at least 4 members (excludes halogenated alkanes) is 1. The fourth-order valence-electron chi connectivity index (χ4n) is 1.61. The summed E-state index contributed by atoms with van der Waals surface area (Å²) < 4.78 is 28.3. The summed E-state index contributed by atoms with van der Waals surface area (Å²) in [5.74, 6) is 0.157. The fourth-order valence-corrected chi connectivity index (χ4v) is 2.60. The van der Waals surface area contributed by atoms with E-state index in [4.69, 9.17) is 15.4 Å². The third kappa shape index (κ3) is 5.81. The highest BCUT2D eigenvalue weighted by molar-refractivity contribution is 8.13. The van der Waals surface area contributed by atoms with E-state index in [0.29, 0.717) is 18.8 Å². The molecular weight excluding hydrogens is 316 g/mol. The number of hydrogen-bond donors (Lipinski definition) is 2. The normalized spacial score (nSPS) is 11.0. The summed E-state index contributed by atoms with van der Waals surface area (Å²) in [6.45, 7) is 4.62. The number of amides is 2. The number of hydrogen-bond acceptors (Lipinski definition) is 4. The summed E-state index contributed by atoms with van der Waals surface area (Å²) in [6, 6.07) is 3.88. The van der Waals surface area contributed by atoms with Gasteiger partial charge in [-0.05, 0) is 31.5 Å². The Bertz CT molecular complexity index is 590. The van der Waals surface area contributed by atoms with Crippen LogP contribution in [0.1, 0.15) is 26.7 Å². The van der Waals surface area contributed by atoms with E-state index in [9.17, 15) is 13.2 Å². The van der Waals surface area contributed by atoms with E-state index in [2.05, 4.69) is 10.6 Å². The number of benzene rings is 1. The summed E-state index contributed by atoms with van der Waals surface area (Å²) in [7, 11) is 1.41. The molecule has 0 aliphatic rings. The van der Waals surface area contributed by atoms with Gasteiger partial charge in [0.15, 0.2) is 0 Å². The smallest absolute Gasteiger partial charge is 0.319 e.